The van der Waals surface area contributed by atoms with E-state index in [0.29, 0.717) is 25.7 Å². The highest BCUT2D eigenvalue weighted by Gasteiger charge is 2.30. The Hall–Kier alpha value is -1.94. The smallest absolute Gasteiger partial charge is 0.462 e. The number of aliphatic hydroxyl groups is 1. The van der Waals surface area contributed by atoms with Crippen LogP contribution in [0.1, 0.15) is 459 Å². The van der Waals surface area contributed by atoms with Crippen molar-refractivity contribution >= 4 is 39.5 Å². The number of unbranched alkanes of at least 4 members (excludes halogenated alkanes) is 55. The molecule has 624 valence electrons. The van der Waals surface area contributed by atoms with Crippen molar-refractivity contribution < 1.29 is 80.2 Å². The second-order valence-electron chi connectivity index (χ2n) is 31.9. The fourth-order valence-electron chi connectivity index (χ4n) is 13.4. The lowest BCUT2D eigenvalue weighted by molar-refractivity contribution is -0.161. The van der Waals surface area contributed by atoms with Gasteiger partial charge >= 0.3 is 39.5 Å². The molecule has 3 N–H and O–H groups in total. The van der Waals surface area contributed by atoms with Crippen LogP contribution < -0.4 is 0 Å². The minimum absolute atomic E-state index is 0.108. The van der Waals surface area contributed by atoms with Crippen LogP contribution in [0.5, 0.6) is 0 Å². The molecule has 0 bridgehead atoms. The topological polar surface area (TPSA) is 237 Å². The molecular formula is C86H168O17P2. The maximum atomic E-state index is 13.1. The number of esters is 4. The summed E-state index contributed by atoms with van der Waals surface area (Å²) < 4.78 is 68.9. The molecule has 0 radical (unpaired) electrons. The molecule has 5 atom stereocenters. The molecule has 0 aliphatic rings. The summed E-state index contributed by atoms with van der Waals surface area (Å²) in [7, 11) is -9.93. The second kappa shape index (κ2) is 77.4. The standard InChI is InChI=1S/C86H168O17P2/c1-7-9-11-13-15-17-19-21-23-26-30-34-37-44-50-56-62-68-83(88)96-74-81(102-86(91)71-65-59-53-47-39-35-31-28-25-24-27-29-32-36-42-48-54-60-66-78(3)4)76-100-104(92,93)98-72-80(87)73-99-105(94,95)101-77-82(75-97-84(89)69-63-57-51-45-41-40-43-49-55-61-67-79(5)6)103-85(90)70-64-58-52-46-38-33-22-20-18-16-14-12-10-8-2/h78-82,87H,7-77H2,1-6H3,(H,92,93)(H,94,95)/t80-,81-,82-/m1/s1. The predicted octanol–water partition coefficient (Wildman–Crippen LogP) is 26.2. The molecule has 0 aliphatic carbocycles. The van der Waals surface area contributed by atoms with Crippen molar-refractivity contribution in [1.82, 2.24) is 0 Å². The molecule has 0 aromatic heterocycles. The van der Waals surface area contributed by atoms with Crippen LogP contribution >= 0.6 is 15.6 Å². The lowest BCUT2D eigenvalue weighted by Gasteiger charge is -2.21. The van der Waals surface area contributed by atoms with Crippen molar-refractivity contribution in [2.75, 3.05) is 39.6 Å². The number of aliphatic hydroxyl groups excluding tert-OH is 1. The third-order valence-electron chi connectivity index (χ3n) is 20.2. The van der Waals surface area contributed by atoms with E-state index in [1.807, 2.05) is 0 Å². The molecule has 17 nitrogen and oxygen atoms in total. The normalized spacial score (nSPS) is 13.8. The lowest BCUT2D eigenvalue weighted by atomic mass is 10.0. The van der Waals surface area contributed by atoms with E-state index in [4.69, 9.17) is 37.0 Å². The van der Waals surface area contributed by atoms with Gasteiger partial charge in [-0.1, -0.05) is 408 Å². The summed E-state index contributed by atoms with van der Waals surface area (Å²) in [5, 5.41) is 10.7. The second-order valence-corrected chi connectivity index (χ2v) is 34.8. The quantitative estimate of drug-likeness (QED) is 0.0222. The van der Waals surface area contributed by atoms with Crippen molar-refractivity contribution in [2.24, 2.45) is 11.8 Å². The molecule has 0 aromatic rings. The third-order valence-corrected chi connectivity index (χ3v) is 22.1. The van der Waals surface area contributed by atoms with Gasteiger partial charge in [-0.25, -0.2) is 9.13 Å². The lowest BCUT2D eigenvalue weighted by Crippen LogP contribution is -2.30. The van der Waals surface area contributed by atoms with Crippen LogP contribution in [-0.4, -0.2) is 96.7 Å². The van der Waals surface area contributed by atoms with Crippen LogP contribution in [0, 0.1) is 11.8 Å². The minimum atomic E-state index is -4.97. The van der Waals surface area contributed by atoms with Gasteiger partial charge in [0.2, 0.25) is 0 Å². The van der Waals surface area contributed by atoms with E-state index in [-0.39, 0.29) is 25.7 Å². The van der Waals surface area contributed by atoms with Gasteiger partial charge in [-0.15, -0.1) is 0 Å². The highest BCUT2D eigenvalue weighted by Crippen LogP contribution is 2.45. The van der Waals surface area contributed by atoms with Crippen molar-refractivity contribution in [3.8, 4) is 0 Å². The minimum Gasteiger partial charge on any atom is -0.462 e. The molecule has 0 rings (SSSR count). The van der Waals surface area contributed by atoms with Crippen LogP contribution in [0.15, 0.2) is 0 Å². The molecular weight excluding hydrogens is 1370 g/mol. The predicted molar refractivity (Wildman–Crippen MR) is 432 cm³/mol. The summed E-state index contributed by atoms with van der Waals surface area (Å²) in [6.45, 7) is 9.71. The largest absolute Gasteiger partial charge is 0.472 e. The van der Waals surface area contributed by atoms with Crippen LogP contribution in [0.25, 0.3) is 0 Å². The number of carbonyl (C=O) groups is 4. The first-order valence-corrected chi connectivity index (χ1v) is 47.5. The Morgan fingerprint density at radius 3 is 0.648 bits per heavy atom. The Morgan fingerprint density at radius 2 is 0.438 bits per heavy atom. The summed E-state index contributed by atoms with van der Waals surface area (Å²) in [5.74, 6) is -0.521. The van der Waals surface area contributed by atoms with Gasteiger partial charge < -0.3 is 33.8 Å². The fraction of sp³-hybridized carbons (Fsp3) is 0.953. The van der Waals surface area contributed by atoms with Gasteiger partial charge in [-0.2, -0.15) is 0 Å². The number of phosphoric ester groups is 2. The molecule has 0 amide bonds. The number of hydrogen-bond acceptors (Lipinski definition) is 15. The van der Waals surface area contributed by atoms with E-state index in [0.717, 1.165) is 102 Å². The van der Waals surface area contributed by atoms with Crippen molar-refractivity contribution in [3.05, 3.63) is 0 Å². The summed E-state index contributed by atoms with van der Waals surface area (Å²) in [6.07, 6.45) is 69.3. The van der Waals surface area contributed by atoms with Gasteiger partial charge in [0, 0.05) is 25.7 Å². The first kappa shape index (κ1) is 103. The van der Waals surface area contributed by atoms with E-state index >= 15 is 0 Å². The Balaban J connectivity index is 5.25. The van der Waals surface area contributed by atoms with Crippen LogP contribution in [0.2, 0.25) is 0 Å². The van der Waals surface area contributed by atoms with Gasteiger partial charge in [0.15, 0.2) is 12.2 Å². The van der Waals surface area contributed by atoms with Crippen molar-refractivity contribution in [3.63, 3.8) is 0 Å². The average molecular weight is 1540 g/mol. The number of phosphoric acid groups is 2. The number of rotatable bonds is 85. The third kappa shape index (κ3) is 79.9. The average Bonchev–Trinajstić information content (AvgIpc) is 0.914. The molecule has 2 unspecified atom stereocenters. The molecule has 0 aromatic carbocycles. The Labute approximate surface area is 645 Å². The molecule has 0 heterocycles. The van der Waals surface area contributed by atoms with Gasteiger partial charge in [0.25, 0.3) is 0 Å². The first-order valence-electron chi connectivity index (χ1n) is 44.5. The molecule has 0 saturated heterocycles. The van der Waals surface area contributed by atoms with E-state index in [9.17, 15) is 43.2 Å². The summed E-state index contributed by atoms with van der Waals surface area (Å²) >= 11 is 0. The van der Waals surface area contributed by atoms with Crippen molar-refractivity contribution in [1.29, 1.82) is 0 Å². The number of carbonyl (C=O) groups excluding carboxylic acids is 4. The molecule has 0 spiro atoms. The fourth-order valence-corrected chi connectivity index (χ4v) is 15.0. The highest BCUT2D eigenvalue weighted by atomic mass is 31.2. The van der Waals surface area contributed by atoms with E-state index in [1.54, 1.807) is 0 Å². The highest BCUT2D eigenvalue weighted by molar-refractivity contribution is 7.47. The van der Waals surface area contributed by atoms with Gasteiger partial charge in [0.1, 0.15) is 19.3 Å². The SMILES string of the molecule is CCCCCCCCCCCCCCCCCCCC(=O)OC[C@H](COP(=O)(O)OC[C@@H](O)COP(=O)(O)OC[C@@H](COC(=O)CCCCCCCCCCCCC(C)C)OC(=O)CCCCCCCCCCCCCCCC)OC(=O)CCCCCCCCCCCCCCCCCCCCC(C)C. The summed E-state index contributed by atoms with van der Waals surface area (Å²) in [6, 6.07) is 0. The molecule has 0 aliphatic heterocycles. The van der Waals surface area contributed by atoms with E-state index in [1.165, 1.54) is 276 Å². The first-order chi connectivity index (χ1) is 50.9. The maximum absolute atomic E-state index is 13.1. The van der Waals surface area contributed by atoms with Crippen LogP contribution in [0.3, 0.4) is 0 Å². The summed E-state index contributed by atoms with van der Waals surface area (Å²) in [5.41, 5.74) is 0. The molecule has 0 saturated carbocycles. The zero-order chi connectivity index (χ0) is 77.1. The summed E-state index contributed by atoms with van der Waals surface area (Å²) in [4.78, 5) is 73.3. The van der Waals surface area contributed by atoms with Crippen LogP contribution in [0.4, 0.5) is 0 Å². The Bertz CT molecular complexity index is 2010. The Morgan fingerprint density at radius 1 is 0.257 bits per heavy atom. The number of ether oxygens (including phenoxy) is 4. The number of hydrogen-bond donors (Lipinski definition) is 3. The van der Waals surface area contributed by atoms with Gasteiger partial charge in [-0.3, -0.25) is 37.3 Å². The molecule has 0 fully saturated rings. The molecule has 19 heteroatoms. The van der Waals surface area contributed by atoms with Gasteiger partial charge in [0.05, 0.1) is 26.4 Å². The Kier molecular flexibility index (Phi) is 76.0. The van der Waals surface area contributed by atoms with E-state index in [2.05, 4.69) is 41.5 Å². The zero-order valence-corrected chi connectivity index (χ0v) is 70.8. The van der Waals surface area contributed by atoms with Crippen molar-refractivity contribution in [2.45, 2.75) is 477 Å². The van der Waals surface area contributed by atoms with Gasteiger partial charge in [-0.05, 0) is 37.5 Å². The monoisotopic (exact) mass is 1540 g/mol. The van der Waals surface area contributed by atoms with E-state index < -0.39 is 97.5 Å². The van der Waals surface area contributed by atoms with Crippen LogP contribution in [-0.2, 0) is 65.4 Å². The molecule has 105 heavy (non-hydrogen) atoms. The zero-order valence-electron chi connectivity index (χ0n) is 69.0. The maximum Gasteiger partial charge on any atom is 0.472 e.